The topological polar surface area (TPSA) is 132 Å². The number of carboxylic acids is 1. The lowest BCUT2D eigenvalue weighted by molar-refractivity contribution is -0.922. The second-order valence-corrected chi connectivity index (χ2v) is 10.4. The molecule has 34 heavy (non-hydrogen) atoms. The number of hydrogen-bond donors (Lipinski definition) is 3. The van der Waals surface area contributed by atoms with Crippen molar-refractivity contribution < 1.29 is 47.5 Å². The number of carboxylic acid groups (broad SMARTS) is 1. The Hall–Kier alpha value is -1.68. The van der Waals surface area contributed by atoms with E-state index in [-0.39, 0.29) is 11.1 Å². The average Bonchev–Trinajstić information content (AvgIpc) is 2.74. The number of likely N-dealkylation sites (N-methyl/N-ethyl adjacent to an activating group) is 1. The number of aliphatic hydroxyl groups is 1. The summed E-state index contributed by atoms with van der Waals surface area (Å²) in [5.41, 5.74) is 0. The van der Waals surface area contributed by atoms with Crippen LogP contribution >= 0.6 is 7.82 Å². The van der Waals surface area contributed by atoms with Crippen LogP contribution in [0.2, 0.25) is 0 Å². The van der Waals surface area contributed by atoms with Gasteiger partial charge >= 0.3 is 13.8 Å². The molecule has 3 N–H and O–H groups in total. The molecule has 0 aromatic heterocycles. The van der Waals surface area contributed by atoms with E-state index in [9.17, 15) is 19.4 Å². The number of hydrogen-bond acceptors (Lipinski definition) is 7. The molecule has 0 saturated heterocycles. The van der Waals surface area contributed by atoms with Crippen LogP contribution in [0.3, 0.4) is 0 Å². The molecule has 1 aromatic carbocycles. The van der Waals surface area contributed by atoms with E-state index < -0.39 is 32.5 Å². The van der Waals surface area contributed by atoms with E-state index in [1.165, 1.54) is 0 Å². The molecule has 0 fully saturated rings. The Morgan fingerprint density at radius 2 is 1.56 bits per heavy atom. The van der Waals surface area contributed by atoms with Gasteiger partial charge in [-0.25, -0.2) is 4.57 Å². The number of phosphoric ester groups is 1. The van der Waals surface area contributed by atoms with Gasteiger partial charge in [0.25, 0.3) is 0 Å². The maximum absolute atomic E-state index is 12.2. The number of quaternary nitrogens is 1. The molecule has 196 valence electrons. The van der Waals surface area contributed by atoms with Crippen molar-refractivity contribution in [3.63, 3.8) is 0 Å². The molecular formula is C23H41NO9P+. The molecule has 11 heteroatoms. The largest absolute Gasteiger partial charge is 0.493 e. The van der Waals surface area contributed by atoms with Crippen LogP contribution in [0.4, 0.5) is 0 Å². The minimum absolute atomic E-state index is 0.0465. The highest BCUT2D eigenvalue weighted by Gasteiger charge is 2.39. The summed E-state index contributed by atoms with van der Waals surface area (Å²) in [5.74, 6) is 0.237. The molecule has 0 saturated carbocycles. The number of rotatable bonds is 19. The van der Waals surface area contributed by atoms with Crippen molar-refractivity contribution in [3.05, 3.63) is 24.3 Å². The van der Waals surface area contributed by atoms with Crippen molar-refractivity contribution in [1.29, 1.82) is 0 Å². The number of nitrogens with zero attached hydrogens (tertiary/aromatic N) is 1. The number of benzene rings is 1. The molecule has 0 bridgehead atoms. The first-order valence-corrected chi connectivity index (χ1v) is 13.2. The number of aliphatic hydroxyl groups excluding tert-OH is 1. The van der Waals surface area contributed by atoms with E-state index in [1.54, 1.807) is 21.1 Å². The van der Waals surface area contributed by atoms with Gasteiger partial charge in [-0.15, -0.1) is 0 Å². The number of phosphoric acid groups is 1. The lowest BCUT2D eigenvalue weighted by atomic mass is 10.2. The molecule has 0 aliphatic heterocycles. The SMILES string of the molecule is CCCCCOc1cccc(OCCCCCOP(=O)(O)O[C@H](CC(=O)O)C(O)[N+](C)(C)C)c1. The molecule has 1 rings (SSSR count). The van der Waals surface area contributed by atoms with Crippen LogP contribution in [-0.2, 0) is 18.4 Å². The zero-order valence-electron chi connectivity index (χ0n) is 20.7. The zero-order chi connectivity index (χ0) is 25.6. The first kappa shape index (κ1) is 30.4. The molecule has 0 aliphatic carbocycles. The van der Waals surface area contributed by atoms with Crippen LogP contribution in [0.25, 0.3) is 0 Å². The predicted molar refractivity (Wildman–Crippen MR) is 128 cm³/mol. The molecule has 10 nitrogen and oxygen atoms in total. The molecule has 0 heterocycles. The van der Waals surface area contributed by atoms with E-state index in [2.05, 4.69) is 6.92 Å². The van der Waals surface area contributed by atoms with Gasteiger partial charge in [-0.1, -0.05) is 25.8 Å². The fourth-order valence-corrected chi connectivity index (χ4v) is 3.96. The summed E-state index contributed by atoms with van der Waals surface area (Å²) in [7, 11) is 0.318. The van der Waals surface area contributed by atoms with E-state index in [0.717, 1.165) is 30.8 Å². The van der Waals surface area contributed by atoms with Crippen molar-refractivity contribution in [3.8, 4) is 11.5 Å². The standard InChI is InChI=1S/C23H40NO9P/c1-5-6-8-14-30-19-12-11-13-20(17-19)31-15-9-7-10-16-32-34(28,29)33-21(18-22(25)26)23(27)24(2,3)4/h11-13,17,21,23,27H,5-10,14-16,18H2,1-4H3,(H-,25,26,28,29)/p+1/t21-,23?/m1/s1. The van der Waals surface area contributed by atoms with E-state index in [0.29, 0.717) is 32.5 Å². The van der Waals surface area contributed by atoms with Crippen LogP contribution < -0.4 is 9.47 Å². The van der Waals surface area contributed by atoms with Crippen molar-refractivity contribution in [2.75, 3.05) is 41.0 Å². The first-order valence-electron chi connectivity index (χ1n) is 11.7. The minimum Gasteiger partial charge on any atom is -0.493 e. The Balaban J connectivity index is 2.32. The summed E-state index contributed by atoms with van der Waals surface area (Å²) < 4.78 is 33.5. The molecule has 0 spiro atoms. The van der Waals surface area contributed by atoms with Gasteiger partial charge in [0.1, 0.15) is 11.5 Å². The minimum atomic E-state index is -4.53. The van der Waals surface area contributed by atoms with Crippen LogP contribution in [0.1, 0.15) is 51.9 Å². The number of unbranched alkanes of at least 4 members (excludes halogenated alkanes) is 4. The summed E-state index contributed by atoms with van der Waals surface area (Å²) in [6, 6.07) is 7.49. The molecule has 0 aliphatic rings. The quantitative estimate of drug-likeness (QED) is 0.111. The van der Waals surface area contributed by atoms with Gasteiger partial charge in [-0.2, -0.15) is 0 Å². The summed E-state index contributed by atoms with van der Waals surface area (Å²) >= 11 is 0. The maximum atomic E-state index is 12.2. The van der Waals surface area contributed by atoms with E-state index >= 15 is 0 Å². The Morgan fingerprint density at radius 1 is 1.00 bits per heavy atom. The smallest absolute Gasteiger partial charge is 0.472 e. The maximum Gasteiger partial charge on any atom is 0.472 e. The van der Waals surface area contributed by atoms with Crippen LogP contribution in [0, 0.1) is 0 Å². The normalized spacial score (nSPS) is 15.4. The second kappa shape index (κ2) is 15.3. The highest BCUT2D eigenvalue weighted by Crippen LogP contribution is 2.46. The zero-order valence-corrected chi connectivity index (χ0v) is 21.6. The molecule has 2 unspecified atom stereocenters. The monoisotopic (exact) mass is 506 g/mol. The van der Waals surface area contributed by atoms with Gasteiger partial charge < -0.3 is 29.1 Å². The number of ether oxygens (including phenoxy) is 2. The number of carbonyl (C=O) groups is 1. The first-order chi connectivity index (χ1) is 15.9. The van der Waals surface area contributed by atoms with Gasteiger partial charge in [0, 0.05) is 6.07 Å². The van der Waals surface area contributed by atoms with Crippen LogP contribution in [-0.4, -0.2) is 78.9 Å². The Kier molecular flexibility index (Phi) is 13.7. The van der Waals surface area contributed by atoms with Gasteiger partial charge in [0.2, 0.25) is 6.23 Å². The van der Waals surface area contributed by atoms with Crippen molar-refractivity contribution in [2.24, 2.45) is 0 Å². The highest BCUT2D eigenvalue weighted by molar-refractivity contribution is 7.47. The third-order valence-electron chi connectivity index (χ3n) is 4.90. The fraction of sp³-hybridized carbons (Fsp3) is 0.696. The van der Waals surface area contributed by atoms with Gasteiger partial charge in [0.05, 0.1) is 47.4 Å². The second-order valence-electron chi connectivity index (χ2n) is 9.01. The summed E-state index contributed by atoms with van der Waals surface area (Å²) in [6.07, 6.45) is 1.84. The average molecular weight is 507 g/mol. The van der Waals surface area contributed by atoms with Crippen molar-refractivity contribution >= 4 is 13.8 Å². The van der Waals surface area contributed by atoms with Gasteiger partial charge in [0.15, 0.2) is 6.10 Å². The van der Waals surface area contributed by atoms with Gasteiger partial charge in [-0.05, 0) is 37.8 Å². The lowest BCUT2D eigenvalue weighted by Gasteiger charge is -2.34. The van der Waals surface area contributed by atoms with E-state index in [4.69, 9.17) is 23.6 Å². The molecule has 0 radical (unpaired) electrons. The van der Waals surface area contributed by atoms with Crippen LogP contribution in [0.15, 0.2) is 24.3 Å². The molecular weight excluding hydrogens is 465 g/mol. The predicted octanol–water partition coefficient (Wildman–Crippen LogP) is 3.81. The van der Waals surface area contributed by atoms with E-state index in [1.807, 2.05) is 24.3 Å². The summed E-state index contributed by atoms with van der Waals surface area (Å²) in [6.45, 7) is 3.26. The van der Waals surface area contributed by atoms with Crippen molar-refractivity contribution in [1.82, 2.24) is 0 Å². The Labute approximate surface area is 202 Å². The van der Waals surface area contributed by atoms with Crippen molar-refractivity contribution in [2.45, 2.75) is 64.2 Å². The number of aliphatic carboxylic acids is 1. The Morgan fingerprint density at radius 3 is 2.09 bits per heavy atom. The molecule has 3 atom stereocenters. The molecule has 1 aromatic rings. The lowest BCUT2D eigenvalue weighted by Crippen LogP contribution is -2.52. The highest BCUT2D eigenvalue weighted by atomic mass is 31.2. The Bertz CT molecular complexity index is 769. The summed E-state index contributed by atoms with van der Waals surface area (Å²) in [4.78, 5) is 21.0. The molecule has 0 amide bonds. The summed E-state index contributed by atoms with van der Waals surface area (Å²) in [5, 5.41) is 19.3. The van der Waals surface area contributed by atoms with Gasteiger partial charge in [-0.3, -0.25) is 13.8 Å². The fourth-order valence-electron chi connectivity index (χ4n) is 3.02. The third-order valence-corrected chi connectivity index (χ3v) is 5.95. The third kappa shape index (κ3) is 13.3. The van der Waals surface area contributed by atoms with Crippen LogP contribution in [0.5, 0.6) is 11.5 Å².